The van der Waals surface area contributed by atoms with Gasteiger partial charge >= 0.3 is 0 Å². The Morgan fingerprint density at radius 1 is 0.913 bits per heavy atom. The van der Waals surface area contributed by atoms with Gasteiger partial charge in [0.05, 0.1) is 14.2 Å². The molecule has 0 saturated carbocycles. The van der Waals surface area contributed by atoms with Gasteiger partial charge in [-0.3, -0.25) is 0 Å². The molecule has 0 aliphatic carbocycles. The maximum Gasteiger partial charge on any atom is 0.122 e. The predicted octanol–water partition coefficient (Wildman–Crippen LogP) is 4.51. The molecule has 2 aromatic rings. The average molecular weight is 313 g/mol. The van der Waals surface area contributed by atoms with E-state index >= 15 is 0 Å². The van der Waals surface area contributed by atoms with E-state index in [1.807, 2.05) is 12.1 Å². The third kappa shape index (κ3) is 4.73. The van der Waals surface area contributed by atoms with E-state index in [0.29, 0.717) is 5.92 Å². The number of rotatable bonds is 8. The first-order valence-electron chi connectivity index (χ1n) is 8.18. The van der Waals surface area contributed by atoms with Crippen LogP contribution in [0.25, 0.3) is 0 Å². The van der Waals surface area contributed by atoms with Crippen LogP contribution in [0.15, 0.2) is 42.5 Å². The highest BCUT2D eigenvalue weighted by atomic mass is 16.5. The van der Waals surface area contributed by atoms with Crippen molar-refractivity contribution in [3.8, 4) is 11.5 Å². The fourth-order valence-electron chi connectivity index (χ4n) is 2.59. The van der Waals surface area contributed by atoms with Gasteiger partial charge in [0.2, 0.25) is 0 Å². The van der Waals surface area contributed by atoms with E-state index in [1.54, 1.807) is 14.2 Å². The minimum absolute atomic E-state index is 0.520. The average Bonchev–Trinajstić information content (AvgIpc) is 2.61. The summed E-state index contributed by atoms with van der Waals surface area (Å²) in [4.78, 5) is 0. The summed E-state index contributed by atoms with van der Waals surface area (Å²) in [6.07, 6.45) is 1.12. The highest BCUT2D eigenvalue weighted by Crippen LogP contribution is 2.29. The van der Waals surface area contributed by atoms with Crippen LogP contribution in [0.1, 0.15) is 42.9 Å². The van der Waals surface area contributed by atoms with Gasteiger partial charge < -0.3 is 14.8 Å². The van der Waals surface area contributed by atoms with E-state index < -0.39 is 0 Å². The highest BCUT2D eigenvalue weighted by molar-refractivity contribution is 5.39. The molecule has 2 aromatic carbocycles. The lowest BCUT2D eigenvalue weighted by atomic mass is 9.96. The van der Waals surface area contributed by atoms with Crippen LogP contribution in [0.5, 0.6) is 11.5 Å². The predicted molar refractivity (Wildman–Crippen MR) is 95.2 cm³/mol. The number of ether oxygens (including phenoxy) is 2. The van der Waals surface area contributed by atoms with E-state index in [4.69, 9.17) is 9.47 Å². The van der Waals surface area contributed by atoms with Gasteiger partial charge in [-0.15, -0.1) is 0 Å². The lowest BCUT2D eigenvalue weighted by Crippen LogP contribution is -2.13. The molecule has 124 valence electrons. The van der Waals surface area contributed by atoms with Crippen molar-refractivity contribution in [2.75, 3.05) is 14.2 Å². The maximum atomic E-state index is 5.56. The smallest absolute Gasteiger partial charge is 0.122 e. The third-order valence-electron chi connectivity index (χ3n) is 4.26. The molecule has 0 aliphatic heterocycles. The van der Waals surface area contributed by atoms with Crippen molar-refractivity contribution >= 4 is 0 Å². The molecule has 1 unspecified atom stereocenters. The molecule has 3 nitrogen and oxygen atoms in total. The standard InChI is InChI=1S/C20H27NO2/c1-5-15(2)19-11-8-17(12-20(19)23-4)14-21-13-16-6-9-18(22-3)10-7-16/h6-12,15,21H,5,13-14H2,1-4H3. The van der Waals surface area contributed by atoms with E-state index in [-0.39, 0.29) is 0 Å². The van der Waals surface area contributed by atoms with Crippen LogP contribution in [-0.2, 0) is 13.1 Å². The molecule has 0 bridgehead atoms. The van der Waals surface area contributed by atoms with Crippen LogP contribution in [0.3, 0.4) is 0 Å². The minimum Gasteiger partial charge on any atom is -0.497 e. The van der Waals surface area contributed by atoms with E-state index in [1.165, 1.54) is 16.7 Å². The summed E-state index contributed by atoms with van der Waals surface area (Å²) >= 11 is 0. The van der Waals surface area contributed by atoms with Crippen molar-refractivity contribution in [1.29, 1.82) is 0 Å². The van der Waals surface area contributed by atoms with Gasteiger partial charge in [-0.2, -0.15) is 0 Å². The van der Waals surface area contributed by atoms with Crippen LogP contribution >= 0.6 is 0 Å². The van der Waals surface area contributed by atoms with Crippen LogP contribution < -0.4 is 14.8 Å². The maximum absolute atomic E-state index is 5.56. The fourth-order valence-corrected chi connectivity index (χ4v) is 2.59. The summed E-state index contributed by atoms with van der Waals surface area (Å²) in [5.74, 6) is 2.40. The Bertz CT molecular complexity index is 608. The van der Waals surface area contributed by atoms with E-state index in [9.17, 15) is 0 Å². The first-order valence-corrected chi connectivity index (χ1v) is 8.18. The summed E-state index contributed by atoms with van der Waals surface area (Å²) < 4.78 is 10.7. The summed E-state index contributed by atoms with van der Waals surface area (Å²) in [7, 11) is 3.43. The highest BCUT2D eigenvalue weighted by Gasteiger charge is 2.10. The minimum atomic E-state index is 0.520. The fraction of sp³-hybridized carbons (Fsp3) is 0.400. The second-order valence-electron chi connectivity index (χ2n) is 5.84. The molecule has 23 heavy (non-hydrogen) atoms. The van der Waals surface area contributed by atoms with Gasteiger partial charge in [0, 0.05) is 13.1 Å². The molecule has 3 heteroatoms. The summed E-state index contributed by atoms with van der Waals surface area (Å²) in [5.41, 5.74) is 3.77. The van der Waals surface area contributed by atoms with Crippen LogP contribution in [0.4, 0.5) is 0 Å². The normalized spacial score (nSPS) is 12.0. The second-order valence-corrected chi connectivity index (χ2v) is 5.84. The van der Waals surface area contributed by atoms with Gasteiger partial charge in [0.25, 0.3) is 0 Å². The van der Waals surface area contributed by atoms with Crippen molar-refractivity contribution < 1.29 is 9.47 Å². The molecule has 0 saturated heterocycles. The molecule has 0 heterocycles. The Morgan fingerprint density at radius 2 is 1.57 bits per heavy atom. The largest absolute Gasteiger partial charge is 0.497 e. The number of benzene rings is 2. The molecule has 0 amide bonds. The monoisotopic (exact) mass is 313 g/mol. The number of hydrogen-bond acceptors (Lipinski definition) is 3. The lowest BCUT2D eigenvalue weighted by Gasteiger charge is -2.15. The second kappa shape index (κ2) is 8.59. The van der Waals surface area contributed by atoms with Crippen molar-refractivity contribution in [3.05, 3.63) is 59.2 Å². The Hall–Kier alpha value is -2.00. The van der Waals surface area contributed by atoms with Crippen LogP contribution in [0.2, 0.25) is 0 Å². The Kier molecular flexibility index (Phi) is 6.48. The molecular formula is C20H27NO2. The van der Waals surface area contributed by atoms with Crippen LogP contribution in [-0.4, -0.2) is 14.2 Å². The zero-order valence-corrected chi connectivity index (χ0v) is 14.6. The molecular weight excluding hydrogens is 286 g/mol. The topological polar surface area (TPSA) is 30.5 Å². The molecule has 0 spiro atoms. The van der Waals surface area contributed by atoms with Crippen LogP contribution in [0, 0.1) is 0 Å². The molecule has 1 atom stereocenters. The first-order chi connectivity index (χ1) is 11.2. The Labute approximate surface area is 139 Å². The van der Waals surface area contributed by atoms with Crippen molar-refractivity contribution in [3.63, 3.8) is 0 Å². The molecule has 0 aliphatic rings. The third-order valence-corrected chi connectivity index (χ3v) is 4.26. The summed E-state index contributed by atoms with van der Waals surface area (Å²) in [5, 5.41) is 3.47. The molecule has 2 rings (SSSR count). The SMILES string of the molecule is CCC(C)c1ccc(CNCc2ccc(OC)cc2)cc1OC. The molecule has 1 N–H and O–H groups in total. The summed E-state index contributed by atoms with van der Waals surface area (Å²) in [6, 6.07) is 14.7. The van der Waals surface area contributed by atoms with Crippen molar-refractivity contribution in [2.24, 2.45) is 0 Å². The number of hydrogen-bond donors (Lipinski definition) is 1. The first kappa shape index (κ1) is 17.4. The molecule has 0 aromatic heterocycles. The zero-order chi connectivity index (χ0) is 16.7. The molecule has 0 fully saturated rings. The van der Waals surface area contributed by atoms with Gasteiger partial charge in [0.1, 0.15) is 11.5 Å². The van der Waals surface area contributed by atoms with Crippen molar-refractivity contribution in [2.45, 2.75) is 39.3 Å². The van der Waals surface area contributed by atoms with Gasteiger partial charge in [-0.05, 0) is 47.2 Å². The van der Waals surface area contributed by atoms with Gasteiger partial charge in [-0.25, -0.2) is 0 Å². The Balaban J connectivity index is 1.94. The lowest BCUT2D eigenvalue weighted by molar-refractivity contribution is 0.405. The zero-order valence-electron chi connectivity index (χ0n) is 14.6. The number of nitrogens with one attached hydrogen (secondary N) is 1. The van der Waals surface area contributed by atoms with Gasteiger partial charge in [-0.1, -0.05) is 38.1 Å². The number of methoxy groups -OCH3 is 2. The van der Waals surface area contributed by atoms with E-state index in [0.717, 1.165) is 31.0 Å². The van der Waals surface area contributed by atoms with Gasteiger partial charge in [0.15, 0.2) is 0 Å². The Morgan fingerprint density at radius 3 is 2.17 bits per heavy atom. The summed E-state index contributed by atoms with van der Waals surface area (Å²) in [6.45, 7) is 6.09. The van der Waals surface area contributed by atoms with E-state index in [2.05, 4.69) is 49.5 Å². The quantitative estimate of drug-likeness (QED) is 0.778. The molecule has 0 radical (unpaired) electrons. The van der Waals surface area contributed by atoms with Crippen molar-refractivity contribution in [1.82, 2.24) is 5.32 Å².